The summed E-state index contributed by atoms with van der Waals surface area (Å²) in [5.74, 6) is -1.44. The van der Waals surface area contributed by atoms with E-state index in [9.17, 15) is 19.5 Å². The number of rotatable bonds is 3. The van der Waals surface area contributed by atoms with E-state index in [1.54, 1.807) is 17.0 Å². The number of carboxylic acid groups (broad SMARTS) is 1. The first kappa shape index (κ1) is 16.7. The van der Waals surface area contributed by atoms with E-state index in [1.807, 2.05) is 22.6 Å². The highest BCUT2D eigenvalue weighted by Gasteiger charge is 2.26. The van der Waals surface area contributed by atoms with Crippen molar-refractivity contribution in [2.75, 3.05) is 18.4 Å². The fraction of sp³-hybridized carbons (Fsp3) is 0.400. The number of nitrogens with one attached hydrogen (secondary N) is 1. The van der Waals surface area contributed by atoms with Gasteiger partial charge in [0.25, 0.3) is 0 Å². The number of aromatic carboxylic acids is 1. The molecule has 0 aromatic heterocycles. The zero-order chi connectivity index (χ0) is 16.3. The van der Waals surface area contributed by atoms with Crippen LogP contribution >= 0.6 is 22.6 Å². The van der Waals surface area contributed by atoms with Crippen LogP contribution in [-0.2, 0) is 9.59 Å². The molecule has 1 saturated heterocycles. The summed E-state index contributed by atoms with van der Waals surface area (Å²) in [5, 5.41) is 11.9. The number of carbonyl (C=O) groups is 3. The first-order valence-corrected chi connectivity index (χ1v) is 8.05. The summed E-state index contributed by atoms with van der Waals surface area (Å²) >= 11 is 2.03. The molecule has 1 heterocycles. The molecule has 0 radical (unpaired) electrons. The number of piperidine rings is 1. The van der Waals surface area contributed by atoms with Crippen molar-refractivity contribution in [1.29, 1.82) is 0 Å². The standard InChI is InChI=1S/C15H17IN2O4/c1-9(19)18-6-4-10(5-7-18)14(20)17-13-3-2-11(16)8-12(13)15(21)22/h2-3,8,10H,4-7H2,1H3,(H,17,20)(H,21,22). The van der Waals surface area contributed by atoms with E-state index in [-0.39, 0.29) is 23.3 Å². The highest BCUT2D eigenvalue weighted by atomic mass is 127. The zero-order valence-electron chi connectivity index (χ0n) is 12.1. The lowest BCUT2D eigenvalue weighted by Gasteiger charge is -2.30. The number of hydrogen-bond acceptors (Lipinski definition) is 3. The Labute approximate surface area is 142 Å². The van der Waals surface area contributed by atoms with Crippen molar-refractivity contribution in [3.8, 4) is 0 Å². The molecular formula is C15H17IN2O4. The second kappa shape index (κ2) is 7.08. The van der Waals surface area contributed by atoms with E-state index < -0.39 is 5.97 Å². The minimum absolute atomic E-state index is 0.0182. The molecule has 0 spiro atoms. The molecule has 0 bridgehead atoms. The maximum Gasteiger partial charge on any atom is 0.337 e. The number of anilines is 1. The molecule has 22 heavy (non-hydrogen) atoms. The Bertz CT molecular complexity index is 610. The van der Waals surface area contributed by atoms with Crippen molar-refractivity contribution < 1.29 is 19.5 Å². The van der Waals surface area contributed by atoms with Gasteiger partial charge in [0.1, 0.15) is 0 Å². The molecule has 118 valence electrons. The summed E-state index contributed by atoms with van der Waals surface area (Å²) in [6, 6.07) is 4.88. The first-order valence-electron chi connectivity index (χ1n) is 6.97. The number of benzene rings is 1. The van der Waals surface area contributed by atoms with Gasteiger partial charge < -0.3 is 15.3 Å². The fourth-order valence-electron chi connectivity index (χ4n) is 2.49. The number of carboxylic acids is 1. The summed E-state index contributed by atoms with van der Waals surface area (Å²) in [6.45, 7) is 2.64. The largest absolute Gasteiger partial charge is 0.478 e. The Hall–Kier alpha value is -1.64. The number of amides is 2. The van der Waals surface area contributed by atoms with Crippen molar-refractivity contribution >= 4 is 46.1 Å². The normalized spacial score (nSPS) is 15.5. The molecule has 1 aliphatic heterocycles. The van der Waals surface area contributed by atoms with E-state index >= 15 is 0 Å². The molecule has 0 aliphatic carbocycles. The second-order valence-electron chi connectivity index (χ2n) is 5.26. The second-order valence-corrected chi connectivity index (χ2v) is 6.51. The quantitative estimate of drug-likeness (QED) is 0.740. The van der Waals surface area contributed by atoms with Crippen molar-refractivity contribution in [2.45, 2.75) is 19.8 Å². The van der Waals surface area contributed by atoms with Gasteiger partial charge in [0.2, 0.25) is 11.8 Å². The van der Waals surface area contributed by atoms with E-state index in [0.29, 0.717) is 31.6 Å². The maximum atomic E-state index is 12.3. The molecule has 0 saturated carbocycles. The van der Waals surface area contributed by atoms with Crippen LogP contribution in [-0.4, -0.2) is 40.9 Å². The van der Waals surface area contributed by atoms with Gasteiger partial charge in [0, 0.05) is 29.5 Å². The topological polar surface area (TPSA) is 86.7 Å². The van der Waals surface area contributed by atoms with Gasteiger partial charge >= 0.3 is 5.97 Å². The molecule has 6 nitrogen and oxygen atoms in total. The minimum atomic E-state index is -1.07. The summed E-state index contributed by atoms with van der Waals surface area (Å²) in [7, 11) is 0. The van der Waals surface area contributed by atoms with Crippen LogP contribution in [0.2, 0.25) is 0 Å². The van der Waals surface area contributed by atoms with Crippen LogP contribution in [0, 0.1) is 9.49 Å². The lowest BCUT2D eigenvalue weighted by Crippen LogP contribution is -2.40. The summed E-state index contributed by atoms with van der Waals surface area (Å²) in [5.41, 5.74) is 0.397. The maximum absolute atomic E-state index is 12.3. The molecule has 0 atom stereocenters. The first-order chi connectivity index (χ1) is 10.4. The van der Waals surface area contributed by atoms with Crippen LogP contribution in [0.3, 0.4) is 0 Å². The van der Waals surface area contributed by atoms with Gasteiger partial charge in [-0.15, -0.1) is 0 Å². The Morgan fingerprint density at radius 2 is 1.91 bits per heavy atom. The number of hydrogen-bond donors (Lipinski definition) is 2. The van der Waals surface area contributed by atoms with Crippen LogP contribution in [0.25, 0.3) is 0 Å². The molecule has 0 unspecified atom stereocenters. The lowest BCUT2D eigenvalue weighted by atomic mass is 9.95. The van der Waals surface area contributed by atoms with Gasteiger partial charge in [-0.05, 0) is 53.6 Å². The third-order valence-electron chi connectivity index (χ3n) is 3.78. The monoisotopic (exact) mass is 416 g/mol. The van der Waals surface area contributed by atoms with Gasteiger partial charge in [-0.1, -0.05) is 0 Å². The van der Waals surface area contributed by atoms with Gasteiger partial charge in [-0.25, -0.2) is 4.79 Å². The van der Waals surface area contributed by atoms with Crippen molar-refractivity contribution in [3.05, 3.63) is 27.3 Å². The molecule has 1 aliphatic rings. The molecule has 1 aromatic rings. The van der Waals surface area contributed by atoms with Crippen LogP contribution in [0.1, 0.15) is 30.1 Å². The lowest BCUT2D eigenvalue weighted by molar-refractivity contribution is -0.132. The average Bonchev–Trinajstić information content (AvgIpc) is 2.48. The average molecular weight is 416 g/mol. The molecular weight excluding hydrogens is 399 g/mol. The summed E-state index contributed by atoms with van der Waals surface area (Å²) in [6.07, 6.45) is 1.19. The third kappa shape index (κ3) is 3.96. The fourth-order valence-corrected chi connectivity index (χ4v) is 2.98. The van der Waals surface area contributed by atoms with Crippen LogP contribution in [0.5, 0.6) is 0 Å². The van der Waals surface area contributed by atoms with Crippen LogP contribution < -0.4 is 5.32 Å². The Balaban J connectivity index is 2.04. The number of carbonyl (C=O) groups excluding carboxylic acids is 2. The predicted molar refractivity (Wildman–Crippen MR) is 89.7 cm³/mol. The number of halogens is 1. The van der Waals surface area contributed by atoms with E-state index in [1.165, 1.54) is 13.0 Å². The van der Waals surface area contributed by atoms with Crippen molar-refractivity contribution in [2.24, 2.45) is 5.92 Å². The molecule has 7 heteroatoms. The highest BCUT2D eigenvalue weighted by Crippen LogP contribution is 2.23. The smallest absolute Gasteiger partial charge is 0.337 e. The van der Waals surface area contributed by atoms with Gasteiger partial charge in [0.05, 0.1) is 11.3 Å². The predicted octanol–water partition coefficient (Wildman–Crippen LogP) is 2.19. The highest BCUT2D eigenvalue weighted by molar-refractivity contribution is 14.1. The van der Waals surface area contributed by atoms with E-state index in [2.05, 4.69) is 5.32 Å². The molecule has 2 amide bonds. The van der Waals surface area contributed by atoms with Gasteiger partial charge in [0.15, 0.2) is 0 Å². The van der Waals surface area contributed by atoms with Gasteiger partial charge in [-0.3, -0.25) is 9.59 Å². The molecule has 2 rings (SSSR count). The summed E-state index contributed by atoms with van der Waals surface area (Å²) < 4.78 is 0.794. The minimum Gasteiger partial charge on any atom is -0.478 e. The Morgan fingerprint density at radius 3 is 2.45 bits per heavy atom. The summed E-state index contributed by atoms with van der Waals surface area (Å²) in [4.78, 5) is 36.5. The molecule has 2 N–H and O–H groups in total. The number of nitrogens with zero attached hydrogens (tertiary/aromatic N) is 1. The Morgan fingerprint density at radius 1 is 1.27 bits per heavy atom. The van der Waals surface area contributed by atoms with E-state index in [4.69, 9.17) is 0 Å². The van der Waals surface area contributed by atoms with E-state index in [0.717, 1.165) is 3.57 Å². The Kier molecular flexibility index (Phi) is 5.38. The van der Waals surface area contributed by atoms with Crippen molar-refractivity contribution in [1.82, 2.24) is 4.90 Å². The van der Waals surface area contributed by atoms with Crippen LogP contribution in [0.4, 0.5) is 5.69 Å². The zero-order valence-corrected chi connectivity index (χ0v) is 14.3. The van der Waals surface area contributed by atoms with Crippen molar-refractivity contribution in [3.63, 3.8) is 0 Å². The third-order valence-corrected chi connectivity index (χ3v) is 4.45. The van der Waals surface area contributed by atoms with Crippen LogP contribution in [0.15, 0.2) is 18.2 Å². The van der Waals surface area contributed by atoms with Gasteiger partial charge in [-0.2, -0.15) is 0 Å². The molecule has 1 aromatic carbocycles. The SMILES string of the molecule is CC(=O)N1CCC(C(=O)Nc2ccc(I)cc2C(=O)O)CC1. The molecule has 1 fully saturated rings. The number of likely N-dealkylation sites (tertiary alicyclic amines) is 1.